The fraction of sp³-hybridized carbons (Fsp3) is 0.417. The maximum Gasteiger partial charge on any atom is 0.185 e. The summed E-state index contributed by atoms with van der Waals surface area (Å²) < 4.78 is 57.7. The first-order valence-corrected chi connectivity index (χ1v) is 6.33. The van der Waals surface area contributed by atoms with Crippen LogP contribution in [0.4, 0.5) is 23.2 Å². The first-order valence-electron chi connectivity index (χ1n) is 5.93. The number of hydrogen-bond acceptors (Lipinski definition) is 2. The lowest BCUT2D eigenvalue weighted by Crippen LogP contribution is -2.30. The van der Waals surface area contributed by atoms with Gasteiger partial charge in [0.2, 0.25) is 0 Å². The zero-order valence-electron chi connectivity index (χ0n) is 10.7. The third-order valence-corrected chi connectivity index (χ3v) is 2.55. The highest BCUT2D eigenvalue weighted by Crippen LogP contribution is 2.23. The summed E-state index contributed by atoms with van der Waals surface area (Å²) in [4.78, 5) is 0. The van der Waals surface area contributed by atoms with Crippen LogP contribution in [0.1, 0.15) is 13.3 Å². The highest BCUT2D eigenvalue weighted by atomic mass is 32.1. The van der Waals surface area contributed by atoms with E-state index in [4.69, 9.17) is 17.0 Å². The van der Waals surface area contributed by atoms with Gasteiger partial charge < -0.3 is 15.4 Å². The second kappa shape index (κ2) is 8.01. The van der Waals surface area contributed by atoms with E-state index in [2.05, 4.69) is 10.6 Å². The molecule has 0 aliphatic heterocycles. The Balaban J connectivity index is 2.58. The quantitative estimate of drug-likeness (QED) is 0.366. The molecular formula is C12H14F4N2OS. The van der Waals surface area contributed by atoms with Gasteiger partial charge in [0.1, 0.15) is 5.69 Å². The molecular weight excluding hydrogens is 296 g/mol. The van der Waals surface area contributed by atoms with Gasteiger partial charge in [0, 0.05) is 25.8 Å². The molecule has 1 rings (SSSR count). The summed E-state index contributed by atoms with van der Waals surface area (Å²) in [5.41, 5.74) is -0.954. The van der Waals surface area contributed by atoms with Crippen LogP contribution in [-0.4, -0.2) is 24.9 Å². The summed E-state index contributed by atoms with van der Waals surface area (Å²) in [6.45, 7) is 3.33. The lowest BCUT2D eigenvalue weighted by molar-refractivity contribution is 0.146. The minimum Gasteiger partial charge on any atom is -0.382 e. The van der Waals surface area contributed by atoms with Crippen molar-refractivity contribution < 1.29 is 22.3 Å². The number of benzene rings is 1. The standard InChI is InChI=1S/C12H14F4N2OS/c1-2-19-5-3-4-17-12(20)18-11-9(15)7(13)6-8(14)10(11)16/h6H,2-5H2,1H3,(H2,17,18,20). The molecule has 0 fully saturated rings. The van der Waals surface area contributed by atoms with Gasteiger partial charge in [-0.15, -0.1) is 0 Å². The number of halogens is 4. The summed E-state index contributed by atoms with van der Waals surface area (Å²) in [6.07, 6.45) is 0.623. The largest absolute Gasteiger partial charge is 0.382 e. The average molecular weight is 310 g/mol. The van der Waals surface area contributed by atoms with E-state index < -0.39 is 29.0 Å². The Kier molecular flexibility index (Phi) is 6.66. The van der Waals surface area contributed by atoms with E-state index in [0.29, 0.717) is 26.2 Å². The van der Waals surface area contributed by atoms with Crippen molar-refractivity contribution in [2.75, 3.05) is 25.1 Å². The van der Waals surface area contributed by atoms with E-state index in [9.17, 15) is 17.6 Å². The molecule has 1 aromatic carbocycles. The summed E-state index contributed by atoms with van der Waals surface area (Å²) in [7, 11) is 0. The molecule has 0 saturated carbocycles. The lowest BCUT2D eigenvalue weighted by Gasteiger charge is -2.12. The van der Waals surface area contributed by atoms with Crippen LogP contribution in [0.5, 0.6) is 0 Å². The molecule has 0 heterocycles. The predicted molar refractivity (Wildman–Crippen MR) is 71.6 cm³/mol. The molecule has 0 atom stereocenters. The first kappa shape index (κ1) is 16.6. The smallest absolute Gasteiger partial charge is 0.185 e. The van der Waals surface area contributed by atoms with Gasteiger partial charge in [-0.3, -0.25) is 0 Å². The van der Waals surface area contributed by atoms with Gasteiger partial charge in [0.05, 0.1) is 0 Å². The van der Waals surface area contributed by atoms with Crippen molar-refractivity contribution in [2.24, 2.45) is 0 Å². The van der Waals surface area contributed by atoms with E-state index in [0.717, 1.165) is 0 Å². The molecule has 0 aliphatic carbocycles. The molecule has 0 amide bonds. The highest BCUT2D eigenvalue weighted by molar-refractivity contribution is 7.80. The van der Waals surface area contributed by atoms with E-state index in [1.807, 2.05) is 6.92 Å². The molecule has 0 aliphatic rings. The third-order valence-electron chi connectivity index (χ3n) is 2.31. The number of ether oxygens (including phenoxy) is 1. The van der Waals surface area contributed by atoms with E-state index in [1.165, 1.54) is 0 Å². The van der Waals surface area contributed by atoms with Crippen molar-refractivity contribution >= 4 is 23.0 Å². The molecule has 8 heteroatoms. The summed E-state index contributed by atoms with van der Waals surface area (Å²) in [5, 5.41) is 4.61. The molecule has 0 spiro atoms. The number of hydrogen-bond donors (Lipinski definition) is 2. The van der Waals surface area contributed by atoms with Crippen molar-refractivity contribution in [3.8, 4) is 0 Å². The van der Waals surface area contributed by atoms with E-state index in [-0.39, 0.29) is 11.2 Å². The number of anilines is 1. The van der Waals surface area contributed by atoms with Crippen LogP contribution in [0.15, 0.2) is 6.07 Å². The fourth-order valence-electron chi connectivity index (χ4n) is 1.36. The van der Waals surface area contributed by atoms with Gasteiger partial charge in [-0.1, -0.05) is 0 Å². The van der Waals surface area contributed by atoms with E-state index >= 15 is 0 Å². The molecule has 112 valence electrons. The summed E-state index contributed by atoms with van der Waals surface area (Å²) in [6, 6.07) is 0.133. The van der Waals surface area contributed by atoms with Crippen LogP contribution >= 0.6 is 12.2 Å². The molecule has 0 saturated heterocycles. The van der Waals surface area contributed by atoms with Gasteiger partial charge in [-0.25, -0.2) is 17.6 Å². The predicted octanol–water partition coefficient (Wildman–Crippen LogP) is 2.96. The molecule has 1 aromatic rings. The Morgan fingerprint density at radius 2 is 1.80 bits per heavy atom. The van der Waals surface area contributed by atoms with Crippen LogP contribution in [0.25, 0.3) is 0 Å². The fourth-order valence-corrected chi connectivity index (χ4v) is 1.57. The Labute approximate surface area is 119 Å². The van der Waals surface area contributed by atoms with Gasteiger partial charge >= 0.3 is 0 Å². The topological polar surface area (TPSA) is 33.3 Å². The molecule has 3 nitrogen and oxygen atoms in total. The Bertz CT molecular complexity index is 459. The maximum atomic E-state index is 13.3. The minimum absolute atomic E-state index is 0.133. The Morgan fingerprint density at radius 3 is 2.35 bits per heavy atom. The number of rotatable bonds is 6. The second-order valence-electron chi connectivity index (χ2n) is 3.77. The molecule has 0 radical (unpaired) electrons. The monoisotopic (exact) mass is 310 g/mol. The molecule has 0 bridgehead atoms. The lowest BCUT2D eigenvalue weighted by atomic mass is 10.2. The average Bonchev–Trinajstić information content (AvgIpc) is 2.41. The van der Waals surface area contributed by atoms with Crippen LogP contribution in [0, 0.1) is 23.3 Å². The normalized spacial score (nSPS) is 10.4. The number of thiocarbonyl (C=S) groups is 1. The SMILES string of the molecule is CCOCCCNC(=S)Nc1c(F)c(F)cc(F)c1F. The van der Waals surface area contributed by atoms with Gasteiger partial charge in [0.15, 0.2) is 28.4 Å². The first-order chi connectivity index (χ1) is 9.47. The van der Waals surface area contributed by atoms with Crippen molar-refractivity contribution in [1.29, 1.82) is 0 Å². The zero-order valence-corrected chi connectivity index (χ0v) is 11.6. The minimum atomic E-state index is -1.53. The Hall–Kier alpha value is -1.41. The van der Waals surface area contributed by atoms with Crippen molar-refractivity contribution in [1.82, 2.24) is 5.32 Å². The molecule has 0 aromatic heterocycles. The van der Waals surface area contributed by atoms with Crippen molar-refractivity contribution in [2.45, 2.75) is 13.3 Å². The van der Waals surface area contributed by atoms with E-state index in [1.54, 1.807) is 0 Å². The van der Waals surface area contributed by atoms with Gasteiger partial charge in [-0.05, 0) is 25.6 Å². The number of nitrogens with one attached hydrogen (secondary N) is 2. The van der Waals surface area contributed by atoms with Crippen molar-refractivity contribution in [3.05, 3.63) is 29.3 Å². The third kappa shape index (κ3) is 4.61. The summed E-state index contributed by atoms with van der Waals surface area (Å²) in [5.74, 6) is -6.04. The molecule has 2 N–H and O–H groups in total. The Morgan fingerprint density at radius 1 is 1.20 bits per heavy atom. The van der Waals surface area contributed by atoms with Crippen LogP contribution in [0.2, 0.25) is 0 Å². The summed E-state index contributed by atoms with van der Waals surface area (Å²) >= 11 is 4.78. The van der Waals surface area contributed by atoms with Crippen LogP contribution < -0.4 is 10.6 Å². The highest BCUT2D eigenvalue weighted by Gasteiger charge is 2.19. The second-order valence-corrected chi connectivity index (χ2v) is 4.18. The zero-order chi connectivity index (χ0) is 15.1. The maximum absolute atomic E-state index is 13.3. The van der Waals surface area contributed by atoms with Gasteiger partial charge in [-0.2, -0.15) is 0 Å². The molecule has 0 unspecified atom stereocenters. The van der Waals surface area contributed by atoms with Crippen LogP contribution in [-0.2, 0) is 4.74 Å². The van der Waals surface area contributed by atoms with Gasteiger partial charge in [0.25, 0.3) is 0 Å². The van der Waals surface area contributed by atoms with Crippen LogP contribution in [0.3, 0.4) is 0 Å². The van der Waals surface area contributed by atoms with Crippen molar-refractivity contribution in [3.63, 3.8) is 0 Å². The molecule has 20 heavy (non-hydrogen) atoms.